The quantitative estimate of drug-likeness (QED) is 0.747. The molecule has 0 N–H and O–H groups in total. The summed E-state index contributed by atoms with van der Waals surface area (Å²) in [6, 6.07) is 12.4. The molecule has 0 heterocycles. The van der Waals surface area contributed by atoms with Gasteiger partial charge in [0, 0.05) is 9.92 Å². The average molecular weight is 286 g/mol. The first-order valence-corrected chi connectivity index (χ1v) is 7.73. The third kappa shape index (κ3) is 2.04. The molecule has 1 nitrogen and oxygen atoms in total. The van der Waals surface area contributed by atoms with Gasteiger partial charge in [0.1, 0.15) is 6.07 Å². The number of nitrogens with zero attached hydrogens (tertiary/aromatic N) is 1. The molecule has 3 heteroatoms. The van der Waals surface area contributed by atoms with Crippen molar-refractivity contribution in [2.45, 2.75) is 17.7 Å². The zero-order valence-electron chi connectivity index (χ0n) is 10.5. The highest BCUT2D eigenvalue weighted by Crippen LogP contribution is 2.40. The van der Waals surface area contributed by atoms with Crippen LogP contribution >= 0.6 is 23.4 Å². The first-order chi connectivity index (χ1) is 9.24. The second-order valence-electron chi connectivity index (χ2n) is 4.58. The van der Waals surface area contributed by atoms with E-state index in [0.717, 1.165) is 28.3 Å². The number of hydrogen-bond acceptors (Lipinski definition) is 2. The van der Waals surface area contributed by atoms with Gasteiger partial charge in [0.15, 0.2) is 0 Å². The van der Waals surface area contributed by atoms with Crippen LogP contribution in [0.2, 0.25) is 5.02 Å². The van der Waals surface area contributed by atoms with E-state index in [1.807, 2.05) is 30.5 Å². The summed E-state index contributed by atoms with van der Waals surface area (Å²) in [5.41, 5.74) is 5.86. The number of thioether (sulfide) groups is 1. The van der Waals surface area contributed by atoms with Gasteiger partial charge in [-0.25, -0.2) is 0 Å². The van der Waals surface area contributed by atoms with Gasteiger partial charge in [-0.1, -0.05) is 23.7 Å². The summed E-state index contributed by atoms with van der Waals surface area (Å²) >= 11 is 7.58. The lowest BCUT2D eigenvalue weighted by Gasteiger charge is -2.26. The molecule has 19 heavy (non-hydrogen) atoms. The summed E-state index contributed by atoms with van der Waals surface area (Å²) in [5, 5.41) is 10.1. The van der Waals surface area contributed by atoms with Crippen molar-refractivity contribution >= 4 is 23.4 Å². The Kier molecular flexibility index (Phi) is 3.26. The normalized spacial score (nSPS) is 12.5. The lowest BCUT2D eigenvalue weighted by molar-refractivity contribution is 0.829. The van der Waals surface area contributed by atoms with Gasteiger partial charge in [0.2, 0.25) is 0 Å². The van der Waals surface area contributed by atoms with E-state index in [9.17, 15) is 5.26 Å². The summed E-state index contributed by atoms with van der Waals surface area (Å²) < 4.78 is 0. The highest BCUT2D eigenvalue weighted by molar-refractivity contribution is 7.98. The van der Waals surface area contributed by atoms with Gasteiger partial charge in [-0.05, 0) is 59.6 Å². The monoisotopic (exact) mass is 285 g/mol. The zero-order chi connectivity index (χ0) is 13.4. The average Bonchev–Trinajstić information content (AvgIpc) is 2.40. The van der Waals surface area contributed by atoms with Crippen molar-refractivity contribution in [3.63, 3.8) is 0 Å². The molecule has 0 aromatic heterocycles. The maximum atomic E-state index is 9.31. The Balaban J connectivity index is 2.21. The third-order valence-electron chi connectivity index (χ3n) is 3.62. The van der Waals surface area contributed by atoms with Gasteiger partial charge in [0.05, 0.1) is 5.56 Å². The molecule has 2 aromatic carbocycles. The molecule has 0 bridgehead atoms. The fourth-order valence-corrected chi connectivity index (χ4v) is 3.29. The lowest BCUT2D eigenvalue weighted by atomic mass is 9.80. The third-order valence-corrected chi connectivity index (χ3v) is 4.64. The zero-order valence-corrected chi connectivity index (χ0v) is 12.1. The van der Waals surface area contributed by atoms with Crippen LogP contribution < -0.4 is 0 Å². The number of hydrogen-bond donors (Lipinski definition) is 0. The molecule has 1 aliphatic carbocycles. The largest absolute Gasteiger partial charge is 0.192 e. The van der Waals surface area contributed by atoms with Crippen LogP contribution in [0.3, 0.4) is 0 Å². The SMILES string of the molecule is CSc1cc(-c2ccc(Cl)cc2)c2c(c1C#N)CC2. The van der Waals surface area contributed by atoms with E-state index < -0.39 is 0 Å². The van der Waals surface area contributed by atoms with Crippen molar-refractivity contribution in [1.29, 1.82) is 5.26 Å². The second-order valence-corrected chi connectivity index (χ2v) is 5.86. The molecule has 3 rings (SSSR count). The fourth-order valence-electron chi connectivity index (χ4n) is 2.56. The Labute approximate surface area is 122 Å². The molecule has 0 amide bonds. The van der Waals surface area contributed by atoms with Crippen LogP contribution in [0.15, 0.2) is 35.2 Å². The topological polar surface area (TPSA) is 23.8 Å². The summed E-state index contributed by atoms with van der Waals surface area (Å²) in [4.78, 5) is 1.07. The first-order valence-electron chi connectivity index (χ1n) is 6.13. The van der Waals surface area contributed by atoms with Crippen molar-refractivity contribution < 1.29 is 0 Å². The van der Waals surface area contributed by atoms with Crippen molar-refractivity contribution in [1.82, 2.24) is 0 Å². The molecular formula is C16H12ClNS. The van der Waals surface area contributed by atoms with Crippen molar-refractivity contribution in [2.75, 3.05) is 6.26 Å². The van der Waals surface area contributed by atoms with Crippen LogP contribution in [0, 0.1) is 11.3 Å². The Morgan fingerprint density at radius 2 is 1.84 bits per heavy atom. The Hall–Kier alpha value is -1.43. The van der Waals surface area contributed by atoms with Crippen LogP contribution in [-0.2, 0) is 12.8 Å². The Morgan fingerprint density at radius 1 is 1.16 bits per heavy atom. The molecule has 0 radical (unpaired) electrons. The maximum Gasteiger partial charge on any atom is 0.101 e. The van der Waals surface area contributed by atoms with Gasteiger partial charge in [-0.3, -0.25) is 0 Å². The van der Waals surface area contributed by atoms with E-state index >= 15 is 0 Å². The van der Waals surface area contributed by atoms with E-state index in [4.69, 9.17) is 11.6 Å². The first kappa shape index (κ1) is 12.6. The summed E-state index contributed by atoms with van der Waals surface area (Å²) in [7, 11) is 0. The number of halogens is 1. The van der Waals surface area contributed by atoms with Crippen LogP contribution in [0.1, 0.15) is 16.7 Å². The number of nitriles is 1. The van der Waals surface area contributed by atoms with E-state index in [0.29, 0.717) is 0 Å². The molecule has 0 atom stereocenters. The predicted molar refractivity (Wildman–Crippen MR) is 80.8 cm³/mol. The maximum absolute atomic E-state index is 9.31. The molecule has 2 aromatic rings. The highest BCUT2D eigenvalue weighted by Gasteiger charge is 2.24. The van der Waals surface area contributed by atoms with Gasteiger partial charge >= 0.3 is 0 Å². The van der Waals surface area contributed by atoms with Crippen molar-refractivity contribution in [3.05, 3.63) is 52.0 Å². The number of fused-ring (bicyclic) bond motifs is 1. The van der Waals surface area contributed by atoms with Gasteiger partial charge in [-0.2, -0.15) is 5.26 Å². The van der Waals surface area contributed by atoms with Gasteiger partial charge in [0.25, 0.3) is 0 Å². The van der Waals surface area contributed by atoms with E-state index in [2.05, 4.69) is 12.1 Å². The van der Waals surface area contributed by atoms with Crippen LogP contribution in [0.4, 0.5) is 0 Å². The molecule has 0 spiro atoms. The number of benzene rings is 2. The lowest BCUT2D eigenvalue weighted by Crippen LogP contribution is -2.13. The molecule has 0 saturated heterocycles. The highest BCUT2D eigenvalue weighted by atomic mass is 35.5. The molecule has 1 aliphatic rings. The minimum absolute atomic E-state index is 0.751. The molecular weight excluding hydrogens is 274 g/mol. The summed E-state index contributed by atoms with van der Waals surface area (Å²) in [6.07, 6.45) is 4.11. The fraction of sp³-hybridized carbons (Fsp3) is 0.188. The molecule has 0 fully saturated rings. The van der Waals surface area contributed by atoms with Crippen LogP contribution in [0.5, 0.6) is 0 Å². The van der Waals surface area contributed by atoms with E-state index in [1.54, 1.807) is 11.8 Å². The summed E-state index contributed by atoms with van der Waals surface area (Å²) in [6.45, 7) is 0. The van der Waals surface area contributed by atoms with Crippen molar-refractivity contribution in [2.24, 2.45) is 0 Å². The van der Waals surface area contributed by atoms with E-state index in [1.165, 1.54) is 22.3 Å². The van der Waals surface area contributed by atoms with Gasteiger partial charge < -0.3 is 0 Å². The molecule has 0 unspecified atom stereocenters. The smallest absolute Gasteiger partial charge is 0.101 e. The standard InChI is InChI=1S/C16H12ClNS/c1-19-16-8-14(10-2-4-11(17)5-3-10)12-6-7-13(12)15(16)9-18/h2-5,8H,6-7H2,1H3. The Bertz CT molecular complexity index is 683. The number of rotatable bonds is 2. The molecule has 94 valence electrons. The summed E-state index contributed by atoms with van der Waals surface area (Å²) in [5.74, 6) is 0. The van der Waals surface area contributed by atoms with Gasteiger partial charge in [-0.15, -0.1) is 11.8 Å². The van der Waals surface area contributed by atoms with Crippen LogP contribution in [0.25, 0.3) is 11.1 Å². The predicted octanol–water partition coefficient (Wildman–Crippen LogP) is 4.70. The van der Waals surface area contributed by atoms with Crippen molar-refractivity contribution in [3.8, 4) is 17.2 Å². The Morgan fingerprint density at radius 3 is 2.37 bits per heavy atom. The minimum atomic E-state index is 0.751. The van der Waals surface area contributed by atoms with Crippen LogP contribution in [-0.4, -0.2) is 6.26 Å². The minimum Gasteiger partial charge on any atom is -0.192 e. The molecule has 0 saturated carbocycles. The molecule has 0 aliphatic heterocycles. The second kappa shape index (κ2) is 4.92. The van der Waals surface area contributed by atoms with E-state index in [-0.39, 0.29) is 0 Å².